The number of pyridine rings is 1. The lowest BCUT2D eigenvalue weighted by Gasteiger charge is -2.10. The number of aryl methyl sites for hydroxylation is 1. The van der Waals surface area contributed by atoms with Crippen LogP contribution in [0.4, 0.5) is 13.2 Å². The van der Waals surface area contributed by atoms with Gasteiger partial charge in [0.05, 0.1) is 12.2 Å². The molecule has 3 aromatic heterocycles. The van der Waals surface area contributed by atoms with Crippen LogP contribution in [0.5, 0.6) is 5.75 Å². The van der Waals surface area contributed by atoms with Gasteiger partial charge in [-0.1, -0.05) is 11.2 Å². The first-order valence-electron chi connectivity index (χ1n) is 11.2. The van der Waals surface area contributed by atoms with Crippen LogP contribution in [0, 0.1) is 6.92 Å². The third-order valence-corrected chi connectivity index (χ3v) is 5.23. The second kappa shape index (κ2) is 10.9. The summed E-state index contributed by atoms with van der Waals surface area (Å²) in [6, 6.07) is 11.1. The van der Waals surface area contributed by atoms with Crippen LogP contribution in [0.1, 0.15) is 17.0 Å². The Hall–Kier alpha value is -3.77. The molecule has 12 heteroatoms. The zero-order valence-electron chi connectivity index (χ0n) is 20.1. The monoisotopic (exact) mass is 501 g/mol. The van der Waals surface area contributed by atoms with E-state index in [1.165, 1.54) is 24.3 Å². The molecule has 3 heterocycles. The molecule has 36 heavy (non-hydrogen) atoms. The molecule has 0 amide bonds. The summed E-state index contributed by atoms with van der Waals surface area (Å²) in [6.07, 6.45) is -2.92. The molecule has 1 aromatic carbocycles. The number of ether oxygens (including phenoxy) is 1. The van der Waals surface area contributed by atoms with E-state index < -0.39 is 6.36 Å². The van der Waals surface area contributed by atoms with Crippen LogP contribution in [0.25, 0.3) is 23.0 Å². The predicted molar refractivity (Wildman–Crippen MR) is 126 cm³/mol. The van der Waals surface area contributed by atoms with Crippen molar-refractivity contribution in [3.05, 3.63) is 65.6 Å². The fourth-order valence-corrected chi connectivity index (χ4v) is 3.37. The summed E-state index contributed by atoms with van der Waals surface area (Å²) in [7, 11) is 4.07. The molecule has 0 saturated carbocycles. The van der Waals surface area contributed by atoms with Crippen LogP contribution >= 0.6 is 0 Å². The molecule has 0 unspecified atom stereocenters. The van der Waals surface area contributed by atoms with Crippen LogP contribution in [0.15, 0.2) is 53.2 Å². The van der Waals surface area contributed by atoms with E-state index in [1.54, 1.807) is 0 Å². The van der Waals surface area contributed by atoms with Crippen molar-refractivity contribution in [3.8, 4) is 28.7 Å². The molecule has 0 bridgehead atoms. The van der Waals surface area contributed by atoms with Gasteiger partial charge < -0.3 is 19.5 Å². The highest BCUT2D eigenvalue weighted by Crippen LogP contribution is 2.27. The smallest absolute Gasteiger partial charge is 0.406 e. The van der Waals surface area contributed by atoms with Gasteiger partial charge in [-0.3, -0.25) is 9.67 Å². The first-order valence-corrected chi connectivity index (χ1v) is 11.2. The molecular formula is C24H26F3N7O2. The zero-order valence-corrected chi connectivity index (χ0v) is 20.1. The summed E-state index contributed by atoms with van der Waals surface area (Å²) in [5, 5.41) is 11.9. The number of benzene rings is 1. The van der Waals surface area contributed by atoms with Crippen LogP contribution in [-0.2, 0) is 13.1 Å². The Morgan fingerprint density at radius 1 is 1.11 bits per heavy atom. The number of nitrogens with zero attached hydrogens (tertiary/aromatic N) is 6. The molecule has 9 nitrogen and oxygen atoms in total. The van der Waals surface area contributed by atoms with E-state index in [-0.39, 0.29) is 17.5 Å². The van der Waals surface area contributed by atoms with E-state index >= 15 is 0 Å². The SMILES string of the molecule is Cc1cc(-c2nc(-c3ccc(OC(F)(F)F)cc3)no2)nn1Cc1ccc(CNCCN(C)C)nc1. The maximum absolute atomic E-state index is 12.3. The summed E-state index contributed by atoms with van der Waals surface area (Å²) in [6.45, 7) is 5.00. The van der Waals surface area contributed by atoms with Gasteiger partial charge >= 0.3 is 6.36 Å². The van der Waals surface area contributed by atoms with Crippen LogP contribution in [0.3, 0.4) is 0 Å². The lowest BCUT2D eigenvalue weighted by Crippen LogP contribution is -2.26. The van der Waals surface area contributed by atoms with E-state index in [2.05, 4.69) is 35.2 Å². The first kappa shape index (κ1) is 25.3. The minimum absolute atomic E-state index is 0.208. The fraction of sp³-hybridized carbons (Fsp3) is 0.333. The van der Waals surface area contributed by atoms with E-state index in [4.69, 9.17) is 4.52 Å². The van der Waals surface area contributed by atoms with Crippen molar-refractivity contribution in [1.29, 1.82) is 0 Å². The third-order valence-electron chi connectivity index (χ3n) is 5.23. The summed E-state index contributed by atoms with van der Waals surface area (Å²) < 4.78 is 48.1. The molecule has 0 saturated heterocycles. The van der Waals surface area contributed by atoms with Crippen molar-refractivity contribution in [2.24, 2.45) is 0 Å². The van der Waals surface area contributed by atoms with Crippen molar-refractivity contribution >= 4 is 0 Å². The average molecular weight is 502 g/mol. The van der Waals surface area contributed by atoms with Gasteiger partial charge in [-0.25, -0.2) is 0 Å². The molecule has 0 radical (unpaired) electrons. The summed E-state index contributed by atoms with van der Waals surface area (Å²) in [5.74, 6) is 0.113. The van der Waals surface area contributed by atoms with Crippen LogP contribution in [0.2, 0.25) is 0 Å². The van der Waals surface area contributed by atoms with Gasteiger partial charge in [-0.05, 0) is 63.0 Å². The zero-order chi connectivity index (χ0) is 25.7. The van der Waals surface area contributed by atoms with Crippen LogP contribution in [-0.4, -0.2) is 63.4 Å². The minimum atomic E-state index is -4.75. The van der Waals surface area contributed by atoms with Gasteiger partial charge in [0.2, 0.25) is 5.82 Å². The topological polar surface area (TPSA) is 94.1 Å². The molecule has 4 rings (SSSR count). The second-order valence-corrected chi connectivity index (χ2v) is 8.46. The number of nitrogens with one attached hydrogen (secondary N) is 1. The summed E-state index contributed by atoms with van der Waals surface area (Å²) >= 11 is 0. The van der Waals surface area contributed by atoms with Gasteiger partial charge in [-0.2, -0.15) is 10.1 Å². The standard InChI is InChI=1S/C24H26F3N7O2/c1-16-12-21(23-30-22(32-36-23)18-5-8-20(9-6-18)35-24(25,26)27)31-34(16)15-17-4-7-19(29-13-17)14-28-10-11-33(2)3/h4-9,12-13,28H,10-11,14-15H2,1-3H3. The largest absolute Gasteiger partial charge is 0.573 e. The summed E-state index contributed by atoms with van der Waals surface area (Å²) in [5.41, 5.74) is 3.84. The highest BCUT2D eigenvalue weighted by molar-refractivity contribution is 5.58. The number of halogens is 3. The quantitative estimate of drug-likeness (QED) is 0.327. The highest BCUT2D eigenvalue weighted by Gasteiger charge is 2.31. The maximum atomic E-state index is 12.3. The van der Waals surface area contributed by atoms with Gasteiger partial charge in [-0.15, -0.1) is 13.2 Å². The van der Waals surface area contributed by atoms with Gasteiger partial charge in [0.15, 0.2) is 5.69 Å². The van der Waals surface area contributed by atoms with Crippen molar-refractivity contribution < 1.29 is 22.4 Å². The molecular weight excluding hydrogens is 475 g/mol. The van der Waals surface area contributed by atoms with Crippen LogP contribution < -0.4 is 10.1 Å². The third kappa shape index (κ3) is 6.89. The molecule has 0 spiro atoms. The fourth-order valence-electron chi connectivity index (χ4n) is 3.37. The Balaban J connectivity index is 1.39. The number of rotatable bonds is 10. The Bertz CT molecular complexity index is 1270. The molecule has 0 aliphatic heterocycles. The lowest BCUT2D eigenvalue weighted by molar-refractivity contribution is -0.274. The number of hydrogen-bond donors (Lipinski definition) is 1. The van der Waals surface area contributed by atoms with Crippen molar-refractivity contribution in [1.82, 2.24) is 35.1 Å². The van der Waals surface area contributed by atoms with Gasteiger partial charge in [0.25, 0.3) is 5.89 Å². The first-order chi connectivity index (χ1) is 17.2. The molecule has 4 aromatic rings. The van der Waals surface area contributed by atoms with Crippen molar-refractivity contribution in [3.63, 3.8) is 0 Å². The minimum Gasteiger partial charge on any atom is -0.406 e. The van der Waals surface area contributed by atoms with Crippen molar-refractivity contribution in [2.45, 2.75) is 26.4 Å². The van der Waals surface area contributed by atoms with Gasteiger partial charge in [0.1, 0.15) is 5.75 Å². The highest BCUT2D eigenvalue weighted by atomic mass is 19.4. The van der Waals surface area contributed by atoms with E-state index in [1.807, 2.05) is 50.1 Å². The molecule has 0 aliphatic rings. The maximum Gasteiger partial charge on any atom is 0.573 e. The molecule has 0 aliphatic carbocycles. The Labute approximate surface area is 205 Å². The molecule has 0 fully saturated rings. The van der Waals surface area contributed by atoms with E-state index in [9.17, 15) is 13.2 Å². The number of alkyl halides is 3. The normalized spacial score (nSPS) is 11.9. The molecule has 0 atom stereocenters. The average Bonchev–Trinajstić information content (AvgIpc) is 3.44. The number of likely N-dealkylation sites (N-methyl/N-ethyl adjacent to an activating group) is 1. The molecule has 1 N–H and O–H groups in total. The number of aromatic nitrogens is 5. The lowest BCUT2D eigenvalue weighted by atomic mass is 10.2. The molecule has 190 valence electrons. The second-order valence-electron chi connectivity index (χ2n) is 8.46. The van der Waals surface area contributed by atoms with E-state index in [0.29, 0.717) is 24.3 Å². The number of hydrogen-bond acceptors (Lipinski definition) is 8. The summed E-state index contributed by atoms with van der Waals surface area (Å²) in [4.78, 5) is 11.0. The van der Waals surface area contributed by atoms with Gasteiger partial charge in [0, 0.05) is 37.1 Å². The Morgan fingerprint density at radius 2 is 1.89 bits per heavy atom. The Kier molecular flexibility index (Phi) is 7.65. The predicted octanol–water partition coefficient (Wildman–Crippen LogP) is 3.90. The van der Waals surface area contributed by atoms with Crippen molar-refractivity contribution in [2.75, 3.05) is 27.2 Å². The van der Waals surface area contributed by atoms with E-state index in [0.717, 1.165) is 30.0 Å². The Morgan fingerprint density at radius 3 is 2.56 bits per heavy atom.